The van der Waals surface area contributed by atoms with Gasteiger partial charge in [-0.1, -0.05) is 6.07 Å². The van der Waals surface area contributed by atoms with Crippen LogP contribution >= 0.6 is 11.8 Å². The summed E-state index contributed by atoms with van der Waals surface area (Å²) < 4.78 is 5.21. The predicted octanol–water partition coefficient (Wildman–Crippen LogP) is 3.62. The van der Waals surface area contributed by atoms with Gasteiger partial charge in [0.25, 0.3) is 11.6 Å². The second-order valence-electron chi connectivity index (χ2n) is 7.71. The van der Waals surface area contributed by atoms with Crippen LogP contribution in [0.25, 0.3) is 0 Å². The number of ether oxygens (including phenoxy) is 1. The second kappa shape index (κ2) is 8.22. The molecule has 2 aromatic rings. The molecular weight excluding hydrogens is 418 g/mol. The molecule has 0 saturated carbocycles. The first-order valence-corrected chi connectivity index (χ1v) is 11.0. The fourth-order valence-electron chi connectivity index (χ4n) is 4.21. The Labute approximate surface area is 184 Å². The van der Waals surface area contributed by atoms with Crippen molar-refractivity contribution in [2.75, 3.05) is 30.9 Å². The van der Waals surface area contributed by atoms with Crippen molar-refractivity contribution >= 4 is 35.0 Å². The number of hydrogen-bond donors (Lipinski definition) is 0. The monoisotopic (exact) mass is 441 g/mol. The summed E-state index contributed by atoms with van der Waals surface area (Å²) in [5, 5.41) is 11.2. The van der Waals surface area contributed by atoms with E-state index in [2.05, 4.69) is 0 Å². The van der Waals surface area contributed by atoms with Gasteiger partial charge in [-0.05, 0) is 50.1 Å². The van der Waals surface area contributed by atoms with Crippen LogP contribution in [0.2, 0.25) is 0 Å². The third kappa shape index (κ3) is 3.85. The number of rotatable bonds is 4. The van der Waals surface area contributed by atoms with Crippen LogP contribution in [0, 0.1) is 17.0 Å². The number of hydrogen-bond acceptors (Lipinski definition) is 6. The molecule has 1 spiro atoms. The van der Waals surface area contributed by atoms with Crippen molar-refractivity contribution in [2.45, 2.75) is 24.6 Å². The minimum Gasteiger partial charge on any atom is -0.497 e. The minimum absolute atomic E-state index is 0.0537. The summed E-state index contributed by atoms with van der Waals surface area (Å²) in [6.45, 7) is 2.61. The van der Waals surface area contributed by atoms with Crippen molar-refractivity contribution in [1.29, 1.82) is 0 Å². The van der Waals surface area contributed by atoms with E-state index in [9.17, 15) is 19.7 Å². The first kappa shape index (κ1) is 21.2. The van der Waals surface area contributed by atoms with Crippen LogP contribution in [-0.2, 0) is 4.79 Å². The molecule has 0 aliphatic carbocycles. The van der Waals surface area contributed by atoms with Gasteiger partial charge in [0, 0.05) is 36.0 Å². The van der Waals surface area contributed by atoms with Crippen molar-refractivity contribution in [1.82, 2.24) is 4.90 Å². The molecule has 4 rings (SSSR count). The molecule has 0 bridgehead atoms. The van der Waals surface area contributed by atoms with Gasteiger partial charge in [0.15, 0.2) is 0 Å². The van der Waals surface area contributed by atoms with Crippen LogP contribution in [0.3, 0.4) is 0 Å². The van der Waals surface area contributed by atoms with Crippen LogP contribution in [0.4, 0.5) is 11.4 Å². The Balaban J connectivity index is 1.51. The molecule has 2 fully saturated rings. The van der Waals surface area contributed by atoms with E-state index in [0.29, 0.717) is 42.8 Å². The van der Waals surface area contributed by atoms with E-state index in [-0.39, 0.29) is 22.4 Å². The number of carbonyl (C=O) groups excluding carboxylic acids is 2. The lowest BCUT2D eigenvalue weighted by Crippen LogP contribution is -2.53. The lowest BCUT2D eigenvalue weighted by atomic mass is 10.00. The van der Waals surface area contributed by atoms with Crippen molar-refractivity contribution in [3.8, 4) is 5.75 Å². The van der Waals surface area contributed by atoms with Gasteiger partial charge in [-0.15, -0.1) is 11.8 Å². The zero-order valence-corrected chi connectivity index (χ0v) is 18.2. The Bertz CT molecular complexity index is 1030. The van der Waals surface area contributed by atoms with E-state index in [1.807, 2.05) is 29.2 Å². The normalized spacial score (nSPS) is 17.8. The number of likely N-dealkylation sites (tertiary alicyclic amines) is 1. The van der Waals surface area contributed by atoms with E-state index in [1.54, 1.807) is 42.8 Å². The first-order valence-electron chi connectivity index (χ1n) is 10.00. The molecular formula is C22H23N3O5S. The molecule has 0 N–H and O–H groups in total. The number of thioether (sulfide) groups is 1. The van der Waals surface area contributed by atoms with E-state index in [4.69, 9.17) is 4.74 Å². The second-order valence-corrected chi connectivity index (χ2v) is 9.05. The summed E-state index contributed by atoms with van der Waals surface area (Å²) in [6, 6.07) is 12.0. The maximum absolute atomic E-state index is 13.0. The zero-order chi connectivity index (χ0) is 22.2. The van der Waals surface area contributed by atoms with Crippen LogP contribution < -0.4 is 9.64 Å². The molecule has 0 unspecified atom stereocenters. The van der Waals surface area contributed by atoms with Gasteiger partial charge in [0.05, 0.1) is 22.7 Å². The quantitative estimate of drug-likeness (QED) is 0.531. The molecule has 162 valence electrons. The fourth-order valence-corrected chi connectivity index (χ4v) is 5.54. The van der Waals surface area contributed by atoms with Crippen LogP contribution in [0.5, 0.6) is 5.75 Å². The molecule has 2 saturated heterocycles. The summed E-state index contributed by atoms with van der Waals surface area (Å²) in [5.41, 5.74) is 1.61. The smallest absolute Gasteiger partial charge is 0.273 e. The van der Waals surface area contributed by atoms with Gasteiger partial charge in [-0.2, -0.15) is 0 Å². The summed E-state index contributed by atoms with van der Waals surface area (Å²) in [5.74, 6) is 0.974. The van der Waals surface area contributed by atoms with Gasteiger partial charge >= 0.3 is 0 Å². The highest BCUT2D eigenvalue weighted by Crippen LogP contribution is 2.47. The maximum atomic E-state index is 13.0. The molecule has 9 heteroatoms. The van der Waals surface area contributed by atoms with Crippen molar-refractivity contribution < 1.29 is 19.2 Å². The third-order valence-electron chi connectivity index (χ3n) is 5.94. The number of aryl methyl sites for hydroxylation is 1. The van der Waals surface area contributed by atoms with Crippen LogP contribution in [0.15, 0.2) is 42.5 Å². The lowest BCUT2D eigenvalue weighted by molar-refractivity contribution is -0.385. The lowest BCUT2D eigenvalue weighted by Gasteiger charge is -2.44. The molecule has 31 heavy (non-hydrogen) atoms. The standard InChI is InChI=1S/C22H23N3O5S/c1-15-3-4-16(13-19(15)25(28)29)21(27)23-11-9-22(10-12-23)24(20(26)14-31-22)17-5-7-18(30-2)8-6-17/h3-8,13H,9-12,14H2,1-2H3. The molecule has 2 heterocycles. The summed E-state index contributed by atoms with van der Waals surface area (Å²) in [6.07, 6.45) is 1.27. The molecule has 8 nitrogen and oxygen atoms in total. The Hall–Kier alpha value is -3.07. The Morgan fingerprint density at radius 1 is 1.16 bits per heavy atom. The number of amides is 2. The zero-order valence-electron chi connectivity index (χ0n) is 17.4. The van der Waals surface area contributed by atoms with Crippen molar-refractivity contribution in [3.63, 3.8) is 0 Å². The SMILES string of the molecule is COc1ccc(N2C(=O)CSC23CCN(C(=O)c2ccc(C)c([N+](=O)[O-])c2)CC3)cc1. The van der Waals surface area contributed by atoms with E-state index < -0.39 is 4.92 Å². The van der Waals surface area contributed by atoms with Crippen LogP contribution in [0.1, 0.15) is 28.8 Å². The number of nitro groups is 1. The predicted molar refractivity (Wildman–Crippen MR) is 119 cm³/mol. The Kier molecular flexibility index (Phi) is 5.62. The highest BCUT2D eigenvalue weighted by atomic mass is 32.2. The van der Waals surface area contributed by atoms with E-state index in [0.717, 1.165) is 11.4 Å². The third-order valence-corrected chi connectivity index (χ3v) is 7.46. The molecule has 0 radical (unpaired) electrons. The van der Waals surface area contributed by atoms with E-state index >= 15 is 0 Å². The number of piperidine rings is 1. The van der Waals surface area contributed by atoms with Gasteiger partial charge in [-0.3, -0.25) is 24.6 Å². The molecule has 2 aliphatic heterocycles. The molecule has 2 amide bonds. The highest BCUT2D eigenvalue weighted by Gasteiger charge is 2.49. The molecule has 0 atom stereocenters. The average Bonchev–Trinajstić information content (AvgIpc) is 3.09. The highest BCUT2D eigenvalue weighted by molar-refractivity contribution is 8.02. The van der Waals surface area contributed by atoms with Gasteiger partial charge in [0.2, 0.25) is 5.91 Å². The number of carbonyl (C=O) groups is 2. The number of anilines is 1. The minimum atomic E-state index is -0.467. The number of nitrogens with zero attached hydrogens (tertiary/aromatic N) is 3. The summed E-state index contributed by atoms with van der Waals surface area (Å²) in [4.78, 5) is 39.6. The molecule has 2 aliphatic rings. The van der Waals surface area contributed by atoms with Crippen molar-refractivity contribution in [2.24, 2.45) is 0 Å². The molecule has 2 aromatic carbocycles. The maximum Gasteiger partial charge on any atom is 0.273 e. The summed E-state index contributed by atoms with van der Waals surface area (Å²) >= 11 is 1.62. The van der Waals surface area contributed by atoms with Gasteiger partial charge in [0.1, 0.15) is 5.75 Å². The number of methoxy groups -OCH3 is 1. The first-order chi connectivity index (χ1) is 14.8. The largest absolute Gasteiger partial charge is 0.497 e. The fraction of sp³-hybridized carbons (Fsp3) is 0.364. The van der Waals surface area contributed by atoms with E-state index in [1.165, 1.54) is 6.07 Å². The topological polar surface area (TPSA) is 93.0 Å². The average molecular weight is 442 g/mol. The van der Waals surface area contributed by atoms with Crippen molar-refractivity contribution in [3.05, 3.63) is 63.7 Å². The van der Waals surface area contributed by atoms with Crippen LogP contribution in [-0.4, -0.2) is 52.5 Å². The summed E-state index contributed by atoms with van der Waals surface area (Å²) in [7, 11) is 1.60. The van der Waals surface area contributed by atoms with Gasteiger partial charge in [-0.25, -0.2) is 0 Å². The van der Waals surface area contributed by atoms with Gasteiger partial charge < -0.3 is 9.64 Å². The Morgan fingerprint density at radius 2 is 1.84 bits per heavy atom. The Morgan fingerprint density at radius 3 is 2.45 bits per heavy atom. The molecule has 0 aromatic heterocycles. The number of benzene rings is 2. The number of nitro benzene ring substituents is 1.